The van der Waals surface area contributed by atoms with E-state index in [1.807, 2.05) is 52.0 Å². The third kappa shape index (κ3) is 2.16. The Hall–Kier alpha value is -1.57. The van der Waals surface area contributed by atoms with Gasteiger partial charge in [-0.2, -0.15) is 0 Å². The van der Waals surface area contributed by atoms with Crippen LogP contribution in [0.15, 0.2) is 24.3 Å². The molecule has 0 bridgehead atoms. The zero-order chi connectivity index (χ0) is 12.1. The molecule has 2 aromatic rings. The molecule has 0 radical (unpaired) electrons. The molecule has 16 heavy (non-hydrogen) atoms. The smallest absolute Gasteiger partial charge is 0.132 e. The maximum Gasteiger partial charge on any atom is 0.132 e. The van der Waals surface area contributed by atoms with Crippen LogP contribution < -0.4 is 4.74 Å². The van der Waals surface area contributed by atoms with E-state index in [1.54, 1.807) is 7.11 Å². The first-order valence-corrected chi connectivity index (χ1v) is 5.64. The van der Waals surface area contributed by atoms with Gasteiger partial charge in [0, 0.05) is 16.6 Å². The van der Waals surface area contributed by atoms with Crippen molar-refractivity contribution in [3.8, 4) is 5.75 Å². The molecule has 0 saturated heterocycles. The van der Waals surface area contributed by atoms with E-state index in [0.29, 0.717) is 0 Å². The number of hydrogen-bond donors (Lipinski definition) is 0. The first-order valence-electron chi connectivity index (χ1n) is 5.64. The fourth-order valence-corrected chi connectivity index (χ4v) is 1.66. The number of aromatic nitrogens is 1. The summed E-state index contributed by atoms with van der Waals surface area (Å²) in [6.07, 6.45) is 0. The highest BCUT2D eigenvalue weighted by molar-refractivity contribution is 5.86. The van der Waals surface area contributed by atoms with Gasteiger partial charge in [0.25, 0.3) is 0 Å². The number of pyridine rings is 1. The van der Waals surface area contributed by atoms with Crippen LogP contribution in [0.25, 0.3) is 10.9 Å². The fraction of sp³-hybridized carbons (Fsp3) is 0.357. The van der Waals surface area contributed by atoms with Crippen LogP contribution in [0.5, 0.6) is 5.75 Å². The summed E-state index contributed by atoms with van der Waals surface area (Å²) >= 11 is 0. The van der Waals surface area contributed by atoms with E-state index in [-0.39, 0.29) is 0 Å². The van der Waals surface area contributed by atoms with E-state index in [2.05, 4.69) is 4.98 Å². The predicted octanol–water partition coefficient (Wildman–Crippen LogP) is 3.89. The number of rotatable bonds is 1. The van der Waals surface area contributed by atoms with Crippen molar-refractivity contribution < 1.29 is 4.74 Å². The lowest BCUT2D eigenvalue weighted by atomic mass is 10.1. The Morgan fingerprint density at radius 3 is 2.31 bits per heavy atom. The molecule has 0 N–H and O–H groups in total. The Balaban J connectivity index is 0.000000606. The maximum absolute atomic E-state index is 5.40. The summed E-state index contributed by atoms with van der Waals surface area (Å²) in [5.74, 6) is 0.938. The molecule has 2 rings (SSSR count). The number of methoxy groups -OCH3 is 1. The van der Waals surface area contributed by atoms with Gasteiger partial charge in [0.1, 0.15) is 5.75 Å². The SMILES string of the molecule is CC.COc1c(C)c(C)nc2ccccc12. The minimum atomic E-state index is 0.938. The molecule has 0 aliphatic carbocycles. The van der Waals surface area contributed by atoms with Crippen molar-refractivity contribution >= 4 is 10.9 Å². The molecule has 0 aliphatic heterocycles. The van der Waals surface area contributed by atoms with Crippen molar-refractivity contribution in [1.29, 1.82) is 0 Å². The predicted molar refractivity (Wildman–Crippen MR) is 69.1 cm³/mol. The van der Waals surface area contributed by atoms with Crippen molar-refractivity contribution in [2.75, 3.05) is 7.11 Å². The minimum Gasteiger partial charge on any atom is -0.496 e. The molecular weight excluding hydrogens is 198 g/mol. The summed E-state index contributed by atoms with van der Waals surface area (Å²) in [5, 5.41) is 1.08. The van der Waals surface area contributed by atoms with E-state index in [0.717, 1.165) is 27.9 Å². The number of para-hydroxylation sites is 1. The third-order valence-corrected chi connectivity index (χ3v) is 2.52. The van der Waals surface area contributed by atoms with Crippen LogP contribution >= 0.6 is 0 Å². The van der Waals surface area contributed by atoms with E-state index in [4.69, 9.17) is 4.74 Å². The molecule has 0 fully saturated rings. The highest BCUT2D eigenvalue weighted by Gasteiger charge is 2.08. The number of hydrogen-bond acceptors (Lipinski definition) is 2. The fourth-order valence-electron chi connectivity index (χ4n) is 1.66. The molecule has 0 atom stereocenters. The van der Waals surface area contributed by atoms with Gasteiger partial charge in [-0.05, 0) is 26.0 Å². The monoisotopic (exact) mass is 217 g/mol. The second-order valence-electron chi connectivity index (χ2n) is 3.37. The van der Waals surface area contributed by atoms with Crippen molar-refractivity contribution in [2.24, 2.45) is 0 Å². The van der Waals surface area contributed by atoms with E-state index in [9.17, 15) is 0 Å². The van der Waals surface area contributed by atoms with Crippen molar-refractivity contribution in [3.63, 3.8) is 0 Å². The summed E-state index contributed by atoms with van der Waals surface area (Å²) in [6.45, 7) is 8.04. The minimum absolute atomic E-state index is 0.938. The van der Waals surface area contributed by atoms with Gasteiger partial charge in [-0.15, -0.1) is 0 Å². The Bertz CT molecular complexity index is 477. The molecule has 86 valence electrons. The second kappa shape index (κ2) is 5.50. The highest BCUT2D eigenvalue weighted by Crippen LogP contribution is 2.29. The number of benzene rings is 1. The molecule has 1 aromatic heterocycles. The van der Waals surface area contributed by atoms with Gasteiger partial charge in [-0.3, -0.25) is 4.98 Å². The van der Waals surface area contributed by atoms with Crippen molar-refractivity contribution in [1.82, 2.24) is 4.98 Å². The molecule has 2 heteroatoms. The molecular formula is C14H19NO. The molecule has 0 saturated carbocycles. The van der Waals surface area contributed by atoms with Gasteiger partial charge in [-0.1, -0.05) is 26.0 Å². The quantitative estimate of drug-likeness (QED) is 0.723. The zero-order valence-corrected chi connectivity index (χ0v) is 10.7. The Morgan fingerprint density at radius 1 is 1.06 bits per heavy atom. The second-order valence-corrected chi connectivity index (χ2v) is 3.37. The van der Waals surface area contributed by atoms with Gasteiger partial charge < -0.3 is 4.74 Å². The number of nitrogens with zero attached hydrogens (tertiary/aromatic N) is 1. The third-order valence-electron chi connectivity index (χ3n) is 2.52. The van der Waals surface area contributed by atoms with E-state index >= 15 is 0 Å². The topological polar surface area (TPSA) is 22.1 Å². The lowest BCUT2D eigenvalue weighted by Crippen LogP contribution is -1.95. The van der Waals surface area contributed by atoms with Gasteiger partial charge in [0.15, 0.2) is 0 Å². The summed E-state index contributed by atoms with van der Waals surface area (Å²) in [4.78, 5) is 4.50. The number of ether oxygens (including phenoxy) is 1. The highest BCUT2D eigenvalue weighted by atomic mass is 16.5. The Kier molecular flexibility index (Phi) is 4.29. The van der Waals surface area contributed by atoms with Crippen molar-refractivity contribution in [2.45, 2.75) is 27.7 Å². The van der Waals surface area contributed by atoms with Crippen LogP contribution in [0.1, 0.15) is 25.1 Å². The molecule has 2 nitrogen and oxygen atoms in total. The van der Waals surface area contributed by atoms with Crippen LogP contribution in [0, 0.1) is 13.8 Å². The maximum atomic E-state index is 5.40. The largest absolute Gasteiger partial charge is 0.496 e. The average molecular weight is 217 g/mol. The zero-order valence-electron chi connectivity index (χ0n) is 10.7. The standard InChI is InChI=1S/C12H13NO.C2H6/c1-8-9(2)13-11-7-5-4-6-10(11)12(8)14-3;1-2/h4-7H,1-3H3;1-2H3. The van der Waals surface area contributed by atoms with Gasteiger partial charge in [0.05, 0.1) is 12.6 Å². The lowest BCUT2D eigenvalue weighted by Gasteiger charge is -2.10. The lowest BCUT2D eigenvalue weighted by molar-refractivity contribution is 0.416. The molecule has 0 unspecified atom stereocenters. The van der Waals surface area contributed by atoms with Crippen LogP contribution in [0.4, 0.5) is 0 Å². The van der Waals surface area contributed by atoms with Crippen LogP contribution in [-0.2, 0) is 0 Å². The van der Waals surface area contributed by atoms with Crippen LogP contribution in [0.3, 0.4) is 0 Å². The Morgan fingerprint density at radius 2 is 1.69 bits per heavy atom. The Labute approximate surface area is 97.3 Å². The summed E-state index contributed by atoms with van der Waals surface area (Å²) in [6, 6.07) is 8.03. The van der Waals surface area contributed by atoms with Gasteiger partial charge >= 0.3 is 0 Å². The number of aryl methyl sites for hydroxylation is 1. The van der Waals surface area contributed by atoms with Crippen LogP contribution in [-0.4, -0.2) is 12.1 Å². The number of fused-ring (bicyclic) bond motifs is 1. The van der Waals surface area contributed by atoms with Crippen molar-refractivity contribution in [3.05, 3.63) is 35.5 Å². The van der Waals surface area contributed by atoms with E-state index < -0.39 is 0 Å². The molecule has 0 amide bonds. The summed E-state index contributed by atoms with van der Waals surface area (Å²) < 4.78 is 5.40. The molecule has 0 aliphatic rings. The van der Waals surface area contributed by atoms with Gasteiger partial charge in [0.2, 0.25) is 0 Å². The summed E-state index contributed by atoms with van der Waals surface area (Å²) in [5.41, 5.74) is 3.14. The molecule has 1 aromatic carbocycles. The van der Waals surface area contributed by atoms with E-state index in [1.165, 1.54) is 0 Å². The van der Waals surface area contributed by atoms with Gasteiger partial charge in [-0.25, -0.2) is 0 Å². The normalized spacial score (nSPS) is 9.56. The first-order chi connectivity index (χ1) is 7.74. The molecule has 1 heterocycles. The molecule has 0 spiro atoms. The first kappa shape index (κ1) is 12.5. The average Bonchev–Trinajstić information content (AvgIpc) is 2.33. The van der Waals surface area contributed by atoms with Crippen LogP contribution in [0.2, 0.25) is 0 Å². The summed E-state index contributed by atoms with van der Waals surface area (Å²) in [7, 11) is 1.70.